The zero-order valence-corrected chi connectivity index (χ0v) is 14.6. The molecule has 0 radical (unpaired) electrons. The molecule has 0 aliphatic heterocycles. The van der Waals surface area contributed by atoms with Crippen LogP contribution in [0.5, 0.6) is 5.75 Å². The molecule has 128 valence electrons. The van der Waals surface area contributed by atoms with Crippen molar-refractivity contribution >= 4 is 5.91 Å². The number of carbonyl (C=O) groups is 1. The summed E-state index contributed by atoms with van der Waals surface area (Å²) in [5.74, 6) is 1.49. The van der Waals surface area contributed by atoms with Crippen LogP contribution in [0.2, 0.25) is 0 Å². The summed E-state index contributed by atoms with van der Waals surface area (Å²) in [4.78, 5) is 12.4. The van der Waals surface area contributed by atoms with Crippen molar-refractivity contribution in [2.75, 3.05) is 6.61 Å². The first-order valence-corrected chi connectivity index (χ1v) is 8.73. The third-order valence-electron chi connectivity index (χ3n) is 4.64. The molecule has 0 heterocycles. The van der Waals surface area contributed by atoms with E-state index in [4.69, 9.17) is 10.5 Å². The number of hydrogen-bond donors (Lipinski definition) is 2. The molecular weight excluding hydrogens is 288 g/mol. The molecule has 1 aromatic carbocycles. The summed E-state index contributed by atoms with van der Waals surface area (Å²) in [5.41, 5.74) is 6.59. The van der Waals surface area contributed by atoms with E-state index in [1.165, 1.54) is 0 Å². The summed E-state index contributed by atoms with van der Waals surface area (Å²) >= 11 is 0. The highest BCUT2D eigenvalue weighted by Crippen LogP contribution is 2.28. The van der Waals surface area contributed by atoms with Gasteiger partial charge in [-0.3, -0.25) is 4.79 Å². The Hall–Kier alpha value is -1.55. The Labute approximate surface area is 139 Å². The fraction of sp³-hybridized carbons (Fsp3) is 0.632. The van der Waals surface area contributed by atoms with Gasteiger partial charge in [0.2, 0.25) is 5.91 Å². The zero-order chi connectivity index (χ0) is 16.9. The molecule has 0 bridgehead atoms. The van der Waals surface area contributed by atoms with E-state index in [1.54, 1.807) is 0 Å². The first kappa shape index (κ1) is 17.8. The minimum Gasteiger partial charge on any atom is -0.494 e. The van der Waals surface area contributed by atoms with Crippen LogP contribution in [0.1, 0.15) is 64.5 Å². The van der Waals surface area contributed by atoms with Crippen molar-refractivity contribution in [3.8, 4) is 5.75 Å². The lowest BCUT2D eigenvalue weighted by Gasteiger charge is -2.25. The molecule has 0 spiro atoms. The van der Waals surface area contributed by atoms with Crippen LogP contribution in [0.4, 0.5) is 0 Å². The Bertz CT molecular complexity index is 505. The maximum atomic E-state index is 12.4. The van der Waals surface area contributed by atoms with Gasteiger partial charge < -0.3 is 15.8 Å². The number of benzene rings is 1. The van der Waals surface area contributed by atoms with Crippen molar-refractivity contribution in [3.05, 3.63) is 29.8 Å². The third-order valence-corrected chi connectivity index (χ3v) is 4.64. The molecule has 0 saturated heterocycles. The Balaban J connectivity index is 1.87. The summed E-state index contributed by atoms with van der Waals surface area (Å²) in [6.07, 6.45) is 4.70. The molecule has 1 aliphatic carbocycles. The molecule has 1 unspecified atom stereocenters. The minimum absolute atomic E-state index is 0.0280. The highest BCUT2D eigenvalue weighted by Gasteiger charge is 2.37. The second-order valence-electron chi connectivity index (χ2n) is 7.16. The van der Waals surface area contributed by atoms with Crippen LogP contribution in [0.15, 0.2) is 24.3 Å². The van der Waals surface area contributed by atoms with Crippen molar-refractivity contribution in [3.63, 3.8) is 0 Å². The average molecular weight is 318 g/mol. The molecule has 0 aromatic heterocycles. The van der Waals surface area contributed by atoms with Crippen LogP contribution in [0, 0.1) is 5.92 Å². The van der Waals surface area contributed by atoms with Gasteiger partial charge in [-0.05, 0) is 49.8 Å². The molecule has 1 fully saturated rings. The van der Waals surface area contributed by atoms with Crippen LogP contribution in [0.25, 0.3) is 0 Å². The monoisotopic (exact) mass is 318 g/mol. The Morgan fingerprint density at radius 1 is 1.22 bits per heavy atom. The third kappa shape index (κ3) is 4.96. The molecule has 1 saturated carbocycles. The van der Waals surface area contributed by atoms with Gasteiger partial charge in [-0.15, -0.1) is 0 Å². The molecule has 4 nitrogen and oxygen atoms in total. The van der Waals surface area contributed by atoms with Gasteiger partial charge in [0.1, 0.15) is 5.75 Å². The van der Waals surface area contributed by atoms with Gasteiger partial charge in [0.25, 0.3) is 0 Å². The highest BCUT2D eigenvalue weighted by atomic mass is 16.5. The number of carbonyl (C=O) groups excluding carboxylic acids is 1. The van der Waals surface area contributed by atoms with E-state index < -0.39 is 5.54 Å². The summed E-state index contributed by atoms with van der Waals surface area (Å²) in [7, 11) is 0. The maximum Gasteiger partial charge on any atom is 0.240 e. The van der Waals surface area contributed by atoms with E-state index in [1.807, 2.05) is 31.2 Å². The van der Waals surface area contributed by atoms with Crippen molar-refractivity contribution in [2.45, 2.75) is 64.5 Å². The molecule has 1 atom stereocenters. The lowest BCUT2D eigenvalue weighted by atomic mass is 9.97. The second kappa shape index (κ2) is 7.82. The maximum absolute atomic E-state index is 12.4. The summed E-state index contributed by atoms with van der Waals surface area (Å²) in [6, 6.07) is 7.90. The topological polar surface area (TPSA) is 64.3 Å². The summed E-state index contributed by atoms with van der Waals surface area (Å²) in [6.45, 7) is 7.10. The normalized spacial score (nSPS) is 18.0. The zero-order valence-electron chi connectivity index (χ0n) is 14.6. The first-order valence-electron chi connectivity index (χ1n) is 8.73. The van der Waals surface area contributed by atoms with Gasteiger partial charge in [-0.2, -0.15) is 0 Å². The molecule has 4 heteroatoms. The Morgan fingerprint density at radius 3 is 2.39 bits per heavy atom. The molecule has 1 aliphatic rings. The van der Waals surface area contributed by atoms with Gasteiger partial charge in [-0.1, -0.05) is 38.8 Å². The molecular formula is C19H30N2O2. The summed E-state index contributed by atoms with van der Waals surface area (Å²) in [5, 5.41) is 3.05. The van der Waals surface area contributed by atoms with Gasteiger partial charge in [0.15, 0.2) is 0 Å². The summed E-state index contributed by atoms with van der Waals surface area (Å²) < 4.78 is 5.72. The van der Waals surface area contributed by atoms with E-state index in [2.05, 4.69) is 19.2 Å². The van der Waals surface area contributed by atoms with E-state index in [0.717, 1.165) is 50.0 Å². The van der Waals surface area contributed by atoms with Crippen molar-refractivity contribution in [1.29, 1.82) is 0 Å². The smallest absolute Gasteiger partial charge is 0.240 e. The molecule has 1 aromatic rings. The Kier molecular flexibility index (Phi) is 6.05. The number of nitrogens with one attached hydrogen (secondary N) is 1. The van der Waals surface area contributed by atoms with Crippen molar-refractivity contribution in [2.24, 2.45) is 11.7 Å². The first-order chi connectivity index (χ1) is 10.9. The average Bonchev–Trinajstić information content (AvgIpc) is 2.95. The largest absolute Gasteiger partial charge is 0.494 e. The number of rotatable bonds is 7. The van der Waals surface area contributed by atoms with E-state index in [0.29, 0.717) is 5.92 Å². The van der Waals surface area contributed by atoms with Crippen LogP contribution in [-0.4, -0.2) is 18.1 Å². The molecule has 23 heavy (non-hydrogen) atoms. The van der Waals surface area contributed by atoms with Gasteiger partial charge in [0.05, 0.1) is 18.2 Å². The van der Waals surface area contributed by atoms with E-state index in [-0.39, 0.29) is 11.9 Å². The second-order valence-corrected chi connectivity index (χ2v) is 7.16. The van der Waals surface area contributed by atoms with Crippen molar-refractivity contribution in [1.82, 2.24) is 5.32 Å². The van der Waals surface area contributed by atoms with Crippen LogP contribution in [-0.2, 0) is 4.79 Å². The van der Waals surface area contributed by atoms with E-state index in [9.17, 15) is 4.79 Å². The van der Waals surface area contributed by atoms with Gasteiger partial charge in [-0.25, -0.2) is 0 Å². The van der Waals surface area contributed by atoms with Gasteiger partial charge in [0, 0.05) is 0 Å². The number of nitrogens with two attached hydrogens (primary N) is 1. The number of ether oxygens (including phenoxy) is 1. The number of amides is 1. The van der Waals surface area contributed by atoms with Crippen LogP contribution in [0.3, 0.4) is 0 Å². The van der Waals surface area contributed by atoms with Crippen LogP contribution >= 0.6 is 0 Å². The molecule has 1 amide bonds. The predicted molar refractivity (Wildman–Crippen MR) is 93.3 cm³/mol. The van der Waals surface area contributed by atoms with Gasteiger partial charge >= 0.3 is 0 Å². The molecule has 3 N–H and O–H groups in total. The predicted octanol–water partition coefficient (Wildman–Crippen LogP) is 3.56. The minimum atomic E-state index is -0.672. The number of hydrogen-bond acceptors (Lipinski definition) is 3. The lowest BCUT2D eigenvalue weighted by Crippen LogP contribution is -2.52. The standard InChI is InChI=1S/C19H30N2O2/c1-14(2)10-13-23-17-8-6-16(7-9-17)15(3)21-18(22)19(20)11-4-5-12-19/h6-9,14-15H,4-5,10-13,20H2,1-3H3,(H,21,22). The molecule has 2 rings (SSSR count). The SMILES string of the molecule is CC(C)CCOc1ccc(C(C)NC(=O)C2(N)CCCC2)cc1. The quantitative estimate of drug-likeness (QED) is 0.808. The fourth-order valence-electron chi connectivity index (χ4n) is 2.92. The lowest BCUT2D eigenvalue weighted by molar-refractivity contribution is -0.126. The Morgan fingerprint density at radius 2 is 1.83 bits per heavy atom. The highest BCUT2D eigenvalue weighted by molar-refractivity contribution is 5.86. The van der Waals surface area contributed by atoms with Crippen molar-refractivity contribution < 1.29 is 9.53 Å². The van der Waals surface area contributed by atoms with E-state index >= 15 is 0 Å². The fourth-order valence-corrected chi connectivity index (χ4v) is 2.92. The van der Waals surface area contributed by atoms with Crippen LogP contribution < -0.4 is 15.8 Å².